The Morgan fingerprint density at radius 3 is 2.75 bits per heavy atom. The Balaban J connectivity index is 2.14. The van der Waals surface area contributed by atoms with Crippen LogP contribution in [0, 0.1) is 0 Å². The topological polar surface area (TPSA) is 15.3 Å². The van der Waals surface area contributed by atoms with E-state index in [0.717, 1.165) is 19.5 Å². The fourth-order valence-electron chi connectivity index (χ4n) is 2.35. The Morgan fingerprint density at radius 2 is 2.06 bits per heavy atom. The highest BCUT2D eigenvalue weighted by Crippen LogP contribution is 2.21. The number of rotatable bonds is 2. The molecule has 0 saturated carbocycles. The molecule has 0 amide bonds. The summed E-state index contributed by atoms with van der Waals surface area (Å²) in [6, 6.07) is 9.62. The van der Waals surface area contributed by atoms with Gasteiger partial charge < -0.3 is 5.32 Å². The average molecular weight is 218 g/mol. The number of benzene rings is 1. The summed E-state index contributed by atoms with van der Waals surface area (Å²) in [6.07, 6.45) is 2.37. The van der Waals surface area contributed by atoms with Crippen molar-refractivity contribution in [2.75, 3.05) is 26.7 Å². The molecule has 0 aliphatic carbocycles. The molecule has 16 heavy (non-hydrogen) atoms. The van der Waals surface area contributed by atoms with Gasteiger partial charge in [-0.15, -0.1) is 0 Å². The second-order valence-corrected chi connectivity index (χ2v) is 4.65. The summed E-state index contributed by atoms with van der Waals surface area (Å²) in [5.74, 6) is 0. The molecule has 1 heterocycles. The number of hydrogen-bond donors (Lipinski definition) is 1. The van der Waals surface area contributed by atoms with Crippen LogP contribution in [0.4, 0.5) is 0 Å². The highest BCUT2D eigenvalue weighted by molar-refractivity contribution is 5.25. The Hall–Kier alpha value is -0.860. The zero-order chi connectivity index (χ0) is 11.4. The molecule has 88 valence electrons. The van der Waals surface area contributed by atoms with Gasteiger partial charge in [0.25, 0.3) is 0 Å². The van der Waals surface area contributed by atoms with Crippen molar-refractivity contribution in [1.82, 2.24) is 10.2 Å². The minimum Gasteiger partial charge on any atom is -0.315 e. The highest BCUT2D eigenvalue weighted by atomic mass is 15.2. The van der Waals surface area contributed by atoms with E-state index in [9.17, 15) is 0 Å². The fraction of sp³-hybridized carbons (Fsp3) is 0.571. The molecule has 1 N–H and O–H groups in total. The van der Waals surface area contributed by atoms with Gasteiger partial charge in [0.1, 0.15) is 0 Å². The summed E-state index contributed by atoms with van der Waals surface area (Å²) < 4.78 is 0. The summed E-state index contributed by atoms with van der Waals surface area (Å²) in [4.78, 5) is 2.46. The zero-order valence-electron chi connectivity index (χ0n) is 10.4. The zero-order valence-corrected chi connectivity index (χ0v) is 10.4. The predicted octanol–water partition coefficient (Wildman–Crippen LogP) is 2.22. The molecular weight excluding hydrogens is 196 g/mol. The van der Waals surface area contributed by atoms with E-state index in [0.29, 0.717) is 6.04 Å². The maximum atomic E-state index is 3.51. The van der Waals surface area contributed by atoms with E-state index in [-0.39, 0.29) is 0 Å². The van der Waals surface area contributed by atoms with Gasteiger partial charge in [-0.2, -0.15) is 0 Å². The summed E-state index contributed by atoms with van der Waals surface area (Å²) in [5.41, 5.74) is 2.86. The molecule has 1 aliphatic heterocycles. The third-order valence-electron chi connectivity index (χ3n) is 3.51. The predicted molar refractivity (Wildman–Crippen MR) is 68.7 cm³/mol. The third kappa shape index (κ3) is 2.63. The van der Waals surface area contributed by atoms with E-state index in [1.54, 1.807) is 0 Å². The lowest BCUT2D eigenvalue weighted by atomic mass is 10.0. The van der Waals surface area contributed by atoms with Crippen LogP contribution >= 0.6 is 0 Å². The Bertz CT molecular complexity index is 318. The van der Waals surface area contributed by atoms with Crippen molar-refractivity contribution in [2.24, 2.45) is 0 Å². The third-order valence-corrected chi connectivity index (χ3v) is 3.51. The van der Waals surface area contributed by atoms with Gasteiger partial charge in [-0.1, -0.05) is 31.2 Å². The maximum absolute atomic E-state index is 3.51. The van der Waals surface area contributed by atoms with Crippen LogP contribution in [-0.4, -0.2) is 31.6 Å². The molecule has 1 aromatic rings. The number of hydrogen-bond acceptors (Lipinski definition) is 2. The smallest absolute Gasteiger partial charge is 0.0469 e. The molecule has 1 aromatic carbocycles. The van der Waals surface area contributed by atoms with E-state index in [4.69, 9.17) is 0 Å². The van der Waals surface area contributed by atoms with E-state index in [2.05, 4.69) is 48.5 Å². The molecule has 0 radical (unpaired) electrons. The molecule has 0 spiro atoms. The first-order valence-corrected chi connectivity index (χ1v) is 6.31. The second-order valence-electron chi connectivity index (χ2n) is 4.65. The van der Waals surface area contributed by atoms with E-state index in [1.165, 1.54) is 24.1 Å². The number of nitrogens with zero attached hydrogens (tertiary/aromatic N) is 1. The SMILES string of the molecule is CCc1ccc(C2CNCCCN2C)cc1. The van der Waals surface area contributed by atoms with Gasteiger partial charge in [0.2, 0.25) is 0 Å². The van der Waals surface area contributed by atoms with Gasteiger partial charge in [0.05, 0.1) is 0 Å². The Morgan fingerprint density at radius 1 is 1.31 bits per heavy atom. The molecule has 1 unspecified atom stereocenters. The van der Waals surface area contributed by atoms with Gasteiger partial charge in [-0.25, -0.2) is 0 Å². The Kier molecular flexibility index (Phi) is 3.97. The van der Waals surface area contributed by atoms with Crippen molar-refractivity contribution in [3.05, 3.63) is 35.4 Å². The minimum absolute atomic E-state index is 0.536. The van der Waals surface area contributed by atoms with E-state index >= 15 is 0 Å². The normalized spacial score (nSPS) is 23.0. The highest BCUT2D eigenvalue weighted by Gasteiger charge is 2.18. The van der Waals surface area contributed by atoms with Crippen molar-refractivity contribution in [2.45, 2.75) is 25.8 Å². The van der Waals surface area contributed by atoms with Crippen molar-refractivity contribution < 1.29 is 0 Å². The van der Waals surface area contributed by atoms with Crippen LogP contribution in [0.2, 0.25) is 0 Å². The van der Waals surface area contributed by atoms with Gasteiger partial charge in [0.15, 0.2) is 0 Å². The van der Waals surface area contributed by atoms with Crippen molar-refractivity contribution in [3.8, 4) is 0 Å². The van der Waals surface area contributed by atoms with Crippen molar-refractivity contribution in [1.29, 1.82) is 0 Å². The van der Waals surface area contributed by atoms with Gasteiger partial charge in [-0.05, 0) is 44.1 Å². The summed E-state index contributed by atoms with van der Waals surface area (Å²) in [6.45, 7) is 5.61. The van der Waals surface area contributed by atoms with Crippen LogP contribution in [0.15, 0.2) is 24.3 Å². The molecular formula is C14H22N2. The first-order chi connectivity index (χ1) is 7.81. The lowest BCUT2D eigenvalue weighted by Crippen LogP contribution is -2.29. The first kappa shape index (κ1) is 11.6. The molecule has 1 fully saturated rings. The molecule has 1 aliphatic rings. The first-order valence-electron chi connectivity index (χ1n) is 6.31. The Labute approximate surface area is 98.7 Å². The number of likely N-dealkylation sites (N-methyl/N-ethyl adjacent to an activating group) is 1. The lowest BCUT2D eigenvalue weighted by molar-refractivity contribution is 0.261. The minimum atomic E-state index is 0.536. The standard InChI is InChI=1S/C14H22N2/c1-3-12-5-7-13(8-6-12)14-11-15-9-4-10-16(14)2/h5-8,14-15H,3-4,9-11H2,1-2H3. The largest absolute Gasteiger partial charge is 0.315 e. The fourth-order valence-corrected chi connectivity index (χ4v) is 2.35. The second kappa shape index (κ2) is 5.46. The van der Waals surface area contributed by atoms with Crippen LogP contribution in [-0.2, 0) is 6.42 Å². The molecule has 0 bridgehead atoms. The molecule has 0 aromatic heterocycles. The van der Waals surface area contributed by atoms with E-state index in [1.807, 2.05) is 0 Å². The lowest BCUT2D eigenvalue weighted by Gasteiger charge is -2.25. The summed E-state index contributed by atoms with van der Waals surface area (Å²) in [7, 11) is 2.23. The summed E-state index contributed by atoms with van der Waals surface area (Å²) in [5, 5.41) is 3.51. The molecule has 2 rings (SSSR count). The van der Waals surface area contributed by atoms with Crippen LogP contribution in [0.5, 0.6) is 0 Å². The monoisotopic (exact) mass is 218 g/mol. The van der Waals surface area contributed by atoms with Crippen molar-refractivity contribution >= 4 is 0 Å². The van der Waals surface area contributed by atoms with Gasteiger partial charge in [-0.3, -0.25) is 4.90 Å². The molecule has 1 atom stereocenters. The van der Waals surface area contributed by atoms with Crippen LogP contribution in [0.3, 0.4) is 0 Å². The van der Waals surface area contributed by atoms with E-state index < -0.39 is 0 Å². The maximum Gasteiger partial charge on any atom is 0.0469 e. The average Bonchev–Trinajstić information content (AvgIpc) is 2.54. The number of aryl methyl sites for hydroxylation is 1. The van der Waals surface area contributed by atoms with Crippen LogP contribution < -0.4 is 5.32 Å². The summed E-state index contributed by atoms with van der Waals surface area (Å²) >= 11 is 0. The van der Waals surface area contributed by atoms with Gasteiger partial charge >= 0.3 is 0 Å². The van der Waals surface area contributed by atoms with Crippen LogP contribution in [0.1, 0.15) is 30.5 Å². The molecule has 2 heteroatoms. The molecule has 2 nitrogen and oxygen atoms in total. The van der Waals surface area contributed by atoms with Crippen molar-refractivity contribution in [3.63, 3.8) is 0 Å². The number of nitrogens with one attached hydrogen (secondary N) is 1. The molecule has 1 saturated heterocycles. The van der Waals surface area contributed by atoms with Gasteiger partial charge in [0, 0.05) is 12.6 Å². The van der Waals surface area contributed by atoms with Crippen LogP contribution in [0.25, 0.3) is 0 Å². The quantitative estimate of drug-likeness (QED) is 0.819.